The van der Waals surface area contributed by atoms with E-state index in [0.717, 1.165) is 66.9 Å². The Bertz CT molecular complexity index is 886. The van der Waals surface area contributed by atoms with Gasteiger partial charge in [-0.3, -0.25) is 4.90 Å². The zero-order valence-electron chi connectivity index (χ0n) is 16.4. The van der Waals surface area contributed by atoms with Gasteiger partial charge >= 0.3 is 0 Å². The van der Waals surface area contributed by atoms with Crippen molar-refractivity contribution in [1.82, 2.24) is 19.9 Å². The molecule has 2 aromatic heterocycles. The first-order chi connectivity index (χ1) is 13.7. The van der Waals surface area contributed by atoms with Gasteiger partial charge in [-0.15, -0.1) is 0 Å². The number of hydrogen-bond acceptors (Lipinski definition) is 6. The van der Waals surface area contributed by atoms with Crippen LogP contribution >= 0.6 is 0 Å². The standard InChI is InChI=1S/C21H26N4O3/c1-15(2)28-19-6-5-16(27-13-10-25-8-11-26-12-9-25)14-17(19)20-23-18-4-3-7-22-21(18)24-20/h3-7,14-15H,8-13H2,1-2H3,(H,22,23,24). The lowest BCUT2D eigenvalue weighted by Crippen LogP contribution is -2.38. The number of nitrogens with one attached hydrogen (secondary N) is 1. The molecular formula is C21H26N4O3. The summed E-state index contributed by atoms with van der Waals surface area (Å²) in [7, 11) is 0. The van der Waals surface area contributed by atoms with Crippen molar-refractivity contribution in [1.29, 1.82) is 0 Å². The third-order valence-electron chi connectivity index (χ3n) is 4.60. The summed E-state index contributed by atoms with van der Waals surface area (Å²) in [5.41, 5.74) is 2.45. The lowest BCUT2D eigenvalue weighted by Gasteiger charge is -2.26. The quantitative estimate of drug-likeness (QED) is 0.677. The number of hydrogen-bond donors (Lipinski definition) is 1. The number of pyridine rings is 1. The van der Waals surface area contributed by atoms with Crippen LogP contribution < -0.4 is 9.47 Å². The van der Waals surface area contributed by atoms with Gasteiger partial charge in [-0.2, -0.15) is 0 Å². The number of nitrogens with zero attached hydrogens (tertiary/aromatic N) is 3. The van der Waals surface area contributed by atoms with E-state index < -0.39 is 0 Å². The molecule has 0 spiro atoms. The van der Waals surface area contributed by atoms with Gasteiger partial charge < -0.3 is 19.2 Å². The van der Waals surface area contributed by atoms with Crippen molar-refractivity contribution < 1.29 is 14.2 Å². The number of aromatic amines is 1. The fourth-order valence-electron chi connectivity index (χ4n) is 3.23. The Labute approximate surface area is 164 Å². The van der Waals surface area contributed by atoms with Crippen molar-refractivity contribution >= 4 is 11.2 Å². The number of imidazole rings is 1. The highest BCUT2D eigenvalue weighted by Crippen LogP contribution is 2.33. The predicted octanol–water partition coefficient (Wildman–Crippen LogP) is 3.12. The summed E-state index contributed by atoms with van der Waals surface area (Å²) in [4.78, 5) is 14.6. The maximum Gasteiger partial charge on any atom is 0.157 e. The van der Waals surface area contributed by atoms with E-state index in [1.807, 2.05) is 44.2 Å². The number of morpholine rings is 1. The molecular weight excluding hydrogens is 356 g/mol. The first-order valence-electron chi connectivity index (χ1n) is 9.74. The summed E-state index contributed by atoms with van der Waals surface area (Å²) in [6.07, 6.45) is 1.82. The summed E-state index contributed by atoms with van der Waals surface area (Å²) in [6, 6.07) is 9.69. The molecule has 148 valence electrons. The van der Waals surface area contributed by atoms with Crippen molar-refractivity contribution in [3.05, 3.63) is 36.5 Å². The lowest BCUT2D eigenvalue weighted by atomic mass is 10.1. The Morgan fingerprint density at radius 2 is 2.07 bits per heavy atom. The van der Waals surface area contributed by atoms with E-state index in [4.69, 9.17) is 14.2 Å². The summed E-state index contributed by atoms with van der Waals surface area (Å²) in [6.45, 7) is 9.05. The van der Waals surface area contributed by atoms with E-state index in [2.05, 4.69) is 19.9 Å². The molecule has 1 fully saturated rings. The minimum Gasteiger partial charge on any atom is -0.492 e. The molecule has 0 amide bonds. The third kappa shape index (κ3) is 4.43. The fraction of sp³-hybridized carbons (Fsp3) is 0.429. The van der Waals surface area contributed by atoms with Gasteiger partial charge in [0.25, 0.3) is 0 Å². The number of fused-ring (bicyclic) bond motifs is 1. The van der Waals surface area contributed by atoms with Crippen LogP contribution in [0.4, 0.5) is 0 Å². The summed E-state index contributed by atoms with van der Waals surface area (Å²) in [5, 5.41) is 0. The van der Waals surface area contributed by atoms with Gasteiger partial charge in [-0.05, 0) is 44.2 Å². The van der Waals surface area contributed by atoms with E-state index in [1.54, 1.807) is 6.20 Å². The minimum absolute atomic E-state index is 0.0642. The maximum absolute atomic E-state index is 6.01. The second kappa shape index (κ2) is 8.58. The Kier molecular flexibility index (Phi) is 5.73. The molecule has 3 aromatic rings. The van der Waals surface area contributed by atoms with E-state index in [-0.39, 0.29) is 6.10 Å². The largest absolute Gasteiger partial charge is 0.492 e. The first kappa shape index (κ1) is 18.7. The average molecular weight is 382 g/mol. The molecule has 1 aromatic carbocycles. The normalized spacial score (nSPS) is 15.2. The zero-order chi connectivity index (χ0) is 19.3. The molecule has 4 rings (SSSR count). The van der Waals surface area contributed by atoms with E-state index >= 15 is 0 Å². The third-order valence-corrected chi connectivity index (χ3v) is 4.60. The Morgan fingerprint density at radius 1 is 1.21 bits per heavy atom. The number of benzene rings is 1. The average Bonchev–Trinajstić information content (AvgIpc) is 3.13. The van der Waals surface area contributed by atoms with Crippen molar-refractivity contribution in [3.8, 4) is 22.9 Å². The molecule has 1 aliphatic heterocycles. The van der Waals surface area contributed by atoms with Gasteiger partial charge in [0.15, 0.2) is 5.65 Å². The summed E-state index contributed by atoms with van der Waals surface area (Å²) < 4.78 is 17.4. The zero-order valence-corrected chi connectivity index (χ0v) is 16.4. The van der Waals surface area contributed by atoms with Crippen molar-refractivity contribution in [2.45, 2.75) is 20.0 Å². The Balaban J connectivity index is 1.54. The van der Waals surface area contributed by atoms with E-state index in [1.165, 1.54) is 0 Å². The van der Waals surface area contributed by atoms with Crippen LogP contribution in [0.15, 0.2) is 36.5 Å². The van der Waals surface area contributed by atoms with Crippen LogP contribution in [-0.2, 0) is 4.74 Å². The molecule has 1 aliphatic rings. The molecule has 1 saturated heterocycles. The number of ether oxygens (including phenoxy) is 3. The lowest BCUT2D eigenvalue weighted by molar-refractivity contribution is 0.0322. The van der Waals surface area contributed by atoms with E-state index in [9.17, 15) is 0 Å². The Morgan fingerprint density at radius 3 is 2.86 bits per heavy atom. The molecule has 3 heterocycles. The van der Waals surface area contributed by atoms with Crippen molar-refractivity contribution in [2.24, 2.45) is 0 Å². The number of rotatable bonds is 7. The van der Waals surface area contributed by atoms with Gasteiger partial charge in [0.05, 0.1) is 24.9 Å². The summed E-state index contributed by atoms with van der Waals surface area (Å²) >= 11 is 0. The van der Waals surface area contributed by atoms with Gasteiger partial charge in [0.2, 0.25) is 0 Å². The van der Waals surface area contributed by atoms with Crippen LogP contribution in [0, 0.1) is 0 Å². The number of aromatic nitrogens is 3. The van der Waals surface area contributed by atoms with Crippen LogP contribution in [0.5, 0.6) is 11.5 Å². The van der Waals surface area contributed by atoms with Crippen LogP contribution in [-0.4, -0.2) is 65.4 Å². The van der Waals surface area contributed by atoms with Crippen LogP contribution in [0.1, 0.15) is 13.8 Å². The van der Waals surface area contributed by atoms with Gasteiger partial charge in [0.1, 0.15) is 29.4 Å². The second-order valence-electron chi connectivity index (χ2n) is 7.08. The first-order valence-corrected chi connectivity index (χ1v) is 9.74. The number of H-pyrrole nitrogens is 1. The molecule has 7 heteroatoms. The van der Waals surface area contributed by atoms with Gasteiger partial charge in [-0.1, -0.05) is 0 Å². The summed E-state index contributed by atoms with van der Waals surface area (Å²) in [5.74, 6) is 2.30. The minimum atomic E-state index is 0.0642. The van der Waals surface area contributed by atoms with Crippen molar-refractivity contribution in [2.75, 3.05) is 39.5 Å². The topological polar surface area (TPSA) is 72.5 Å². The smallest absolute Gasteiger partial charge is 0.157 e. The SMILES string of the molecule is CC(C)Oc1ccc(OCCN2CCOCC2)cc1-c1nc2cccnc2[nH]1. The van der Waals surface area contributed by atoms with E-state index in [0.29, 0.717) is 6.61 Å². The second-order valence-corrected chi connectivity index (χ2v) is 7.08. The van der Waals surface area contributed by atoms with Crippen molar-refractivity contribution in [3.63, 3.8) is 0 Å². The highest BCUT2D eigenvalue weighted by atomic mass is 16.5. The fourth-order valence-corrected chi connectivity index (χ4v) is 3.23. The highest BCUT2D eigenvalue weighted by molar-refractivity contribution is 5.78. The van der Waals surface area contributed by atoms with Crippen LogP contribution in [0.3, 0.4) is 0 Å². The molecule has 0 atom stereocenters. The molecule has 7 nitrogen and oxygen atoms in total. The highest BCUT2D eigenvalue weighted by Gasteiger charge is 2.15. The van der Waals surface area contributed by atoms with Crippen LogP contribution in [0.25, 0.3) is 22.6 Å². The van der Waals surface area contributed by atoms with Gasteiger partial charge in [0, 0.05) is 25.8 Å². The monoisotopic (exact) mass is 382 g/mol. The van der Waals surface area contributed by atoms with Crippen LogP contribution in [0.2, 0.25) is 0 Å². The molecule has 0 aliphatic carbocycles. The predicted molar refractivity (Wildman–Crippen MR) is 108 cm³/mol. The molecule has 1 N–H and O–H groups in total. The molecule has 0 unspecified atom stereocenters. The molecule has 0 saturated carbocycles. The molecule has 0 bridgehead atoms. The molecule has 28 heavy (non-hydrogen) atoms. The molecule has 0 radical (unpaired) electrons. The Hall–Kier alpha value is -2.64. The maximum atomic E-state index is 6.01. The van der Waals surface area contributed by atoms with Gasteiger partial charge in [-0.25, -0.2) is 9.97 Å².